The molecule has 0 aromatic carbocycles. The van der Waals surface area contributed by atoms with Crippen molar-refractivity contribution in [3.05, 3.63) is 28.0 Å². The monoisotopic (exact) mass is 300 g/mol. The average Bonchev–Trinajstić information content (AvgIpc) is 3.13. The first-order valence-corrected chi connectivity index (χ1v) is 8.06. The van der Waals surface area contributed by atoms with Crippen LogP contribution in [-0.2, 0) is 0 Å². The van der Waals surface area contributed by atoms with E-state index in [1.165, 1.54) is 23.8 Å². The molecule has 4 rings (SSSR count). The molecule has 0 unspecified atom stereocenters. The van der Waals surface area contributed by atoms with E-state index in [9.17, 15) is 4.79 Å². The predicted molar refractivity (Wildman–Crippen MR) is 83.3 cm³/mol. The molecular formula is C16H20N4O2. The van der Waals surface area contributed by atoms with Gasteiger partial charge in [0.05, 0.1) is 5.69 Å². The van der Waals surface area contributed by atoms with Crippen molar-refractivity contribution in [3.63, 3.8) is 0 Å². The molecule has 0 bridgehead atoms. The summed E-state index contributed by atoms with van der Waals surface area (Å²) >= 11 is 0. The number of aromatic amines is 1. The standard InChI is InChI=1S/C16H20N4O2/c1-9(2)15-18-14-13(22-15)16(21)20-12(17-14)8-11(19-20)10-6-4-3-5-7-10/h8-10,17H,3-7H2,1-2H3. The number of nitrogens with one attached hydrogen (secondary N) is 1. The lowest BCUT2D eigenvalue weighted by Crippen LogP contribution is -2.15. The molecule has 0 radical (unpaired) electrons. The van der Waals surface area contributed by atoms with E-state index in [1.807, 2.05) is 19.9 Å². The Hall–Kier alpha value is -2.11. The third-order valence-electron chi connectivity index (χ3n) is 4.52. The van der Waals surface area contributed by atoms with Crippen LogP contribution in [0, 0.1) is 0 Å². The van der Waals surface area contributed by atoms with Gasteiger partial charge in [-0.1, -0.05) is 33.1 Å². The van der Waals surface area contributed by atoms with Gasteiger partial charge >= 0.3 is 5.56 Å². The van der Waals surface area contributed by atoms with E-state index in [1.54, 1.807) is 0 Å². The van der Waals surface area contributed by atoms with E-state index in [2.05, 4.69) is 15.1 Å². The molecule has 1 aliphatic carbocycles. The summed E-state index contributed by atoms with van der Waals surface area (Å²) in [4.78, 5) is 20.1. The summed E-state index contributed by atoms with van der Waals surface area (Å²) in [5, 5.41) is 4.53. The number of hydrogen-bond acceptors (Lipinski definition) is 4. The first-order chi connectivity index (χ1) is 10.6. The molecule has 0 saturated heterocycles. The molecule has 6 heteroatoms. The molecule has 3 aromatic heterocycles. The van der Waals surface area contributed by atoms with E-state index < -0.39 is 0 Å². The lowest BCUT2D eigenvalue weighted by Gasteiger charge is -2.18. The highest BCUT2D eigenvalue weighted by Crippen LogP contribution is 2.32. The number of rotatable bonds is 2. The second kappa shape index (κ2) is 4.97. The summed E-state index contributed by atoms with van der Waals surface area (Å²) in [6.07, 6.45) is 6.10. The number of hydrogen-bond donors (Lipinski definition) is 1. The van der Waals surface area contributed by atoms with Crippen molar-refractivity contribution in [3.8, 4) is 0 Å². The van der Waals surface area contributed by atoms with Gasteiger partial charge in [0.15, 0.2) is 11.5 Å². The van der Waals surface area contributed by atoms with Crippen LogP contribution >= 0.6 is 0 Å². The third-order valence-corrected chi connectivity index (χ3v) is 4.52. The van der Waals surface area contributed by atoms with Crippen molar-refractivity contribution in [2.45, 2.75) is 57.8 Å². The molecule has 0 aliphatic heterocycles. The van der Waals surface area contributed by atoms with Gasteiger partial charge in [0, 0.05) is 17.9 Å². The van der Waals surface area contributed by atoms with Crippen LogP contribution in [0.25, 0.3) is 16.9 Å². The Bertz CT molecular complexity index is 881. The molecule has 3 heterocycles. The zero-order valence-electron chi connectivity index (χ0n) is 12.9. The normalized spacial score (nSPS) is 17.0. The van der Waals surface area contributed by atoms with Crippen LogP contribution in [0.2, 0.25) is 0 Å². The van der Waals surface area contributed by atoms with Gasteiger partial charge in [0.2, 0.25) is 5.58 Å². The minimum absolute atomic E-state index is 0.144. The number of H-pyrrole nitrogens is 1. The second-order valence-corrected chi connectivity index (χ2v) is 6.52. The summed E-state index contributed by atoms with van der Waals surface area (Å²) in [5.74, 6) is 1.18. The van der Waals surface area contributed by atoms with Crippen molar-refractivity contribution in [2.24, 2.45) is 0 Å². The summed E-state index contributed by atoms with van der Waals surface area (Å²) < 4.78 is 7.03. The van der Waals surface area contributed by atoms with Crippen molar-refractivity contribution < 1.29 is 4.42 Å². The van der Waals surface area contributed by atoms with Crippen LogP contribution in [0.5, 0.6) is 0 Å². The predicted octanol–water partition coefficient (Wildman–Crippen LogP) is 3.33. The molecule has 0 atom stereocenters. The maximum Gasteiger partial charge on any atom is 0.319 e. The minimum atomic E-state index is -0.231. The van der Waals surface area contributed by atoms with Crippen LogP contribution < -0.4 is 5.56 Å². The quantitative estimate of drug-likeness (QED) is 0.787. The Morgan fingerprint density at radius 1 is 1.32 bits per heavy atom. The van der Waals surface area contributed by atoms with Crippen molar-refractivity contribution in [1.82, 2.24) is 19.6 Å². The first-order valence-electron chi connectivity index (χ1n) is 8.06. The Labute approximate surface area is 127 Å². The molecule has 22 heavy (non-hydrogen) atoms. The topological polar surface area (TPSA) is 76.2 Å². The maximum absolute atomic E-state index is 12.6. The average molecular weight is 300 g/mol. The van der Waals surface area contributed by atoms with Gasteiger partial charge in [-0.15, -0.1) is 0 Å². The van der Waals surface area contributed by atoms with Crippen LogP contribution in [-0.4, -0.2) is 19.6 Å². The van der Waals surface area contributed by atoms with Gasteiger partial charge in [0.1, 0.15) is 5.65 Å². The Morgan fingerprint density at radius 3 is 2.82 bits per heavy atom. The van der Waals surface area contributed by atoms with Crippen molar-refractivity contribution in [2.75, 3.05) is 0 Å². The number of oxazole rings is 1. The minimum Gasteiger partial charge on any atom is -0.433 e. The summed E-state index contributed by atoms with van der Waals surface area (Å²) in [6.45, 7) is 3.98. The number of aromatic nitrogens is 4. The molecule has 3 aromatic rings. The molecule has 116 valence electrons. The zero-order valence-corrected chi connectivity index (χ0v) is 12.9. The lowest BCUT2D eigenvalue weighted by molar-refractivity contribution is 0.435. The summed E-state index contributed by atoms with van der Waals surface area (Å²) in [7, 11) is 0. The van der Waals surface area contributed by atoms with Crippen LogP contribution in [0.3, 0.4) is 0 Å². The fourth-order valence-corrected chi connectivity index (χ4v) is 3.27. The molecule has 0 spiro atoms. The fraction of sp³-hybridized carbons (Fsp3) is 0.562. The molecule has 1 aliphatic rings. The highest BCUT2D eigenvalue weighted by Gasteiger charge is 2.21. The van der Waals surface area contributed by atoms with Crippen molar-refractivity contribution >= 4 is 16.9 Å². The summed E-state index contributed by atoms with van der Waals surface area (Å²) in [5.41, 5.74) is 2.24. The molecular weight excluding hydrogens is 280 g/mol. The Balaban J connectivity index is 1.86. The summed E-state index contributed by atoms with van der Waals surface area (Å²) in [6, 6.07) is 1.99. The highest BCUT2D eigenvalue weighted by atomic mass is 16.4. The Morgan fingerprint density at radius 2 is 2.09 bits per heavy atom. The van der Waals surface area contributed by atoms with Gasteiger partial charge in [-0.05, 0) is 12.8 Å². The van der Waals surface area contributed by atoms with E-state index in [4.69, 9.17) is 4.42 Å². The second-order valence-electron chi connectivity index (χ2n) is 6.52. The zero-order chi connectivity index (χ0) is 15.3. The van der Waals surface area contributed by atoms with E-state index >= 15 is 0 Å². The van der Waals surface area contributed by atoms with E-state index in [0.29, 0.717) is 23.1 Å². The third kappa shape index (κ3) is 2.05. The lowest BCUT2D eigenvalue weighted by atomic mass is 9.87. The van der Waals surface area contributed by atoms with Gasteiger partial charge < -0.3 is 9.40 Å². The maximum atomic E-state index is 12.6. The van der Waals surface area contributed by atoms with Gasteiger partial charge in [-0.3, -0.25) is 4.79 Å². The van der Waals surface area contributed by atoms with Crippen molar-refractivity contribution in [1.29, 1.82) is 0 Å². The molecule has 0 amide bonds. The number of nitrogens with zero attached hydrogens (tertiary/aromatic N) is 3. The van der Waals surface area contributed by atoms with Crippen LogP contribution in [0.15, 0.2) is 15.3 Å². The van der Waals surface area contributed by atoms with Gasteiger partial charge in [0.25, 0.3) is 0 Å². The van der Waals surface area contributed by atoms with Gasteiger partial charge in [-0.2, -0.15) is 14.6 Å². The highest BCUT2D eigenvalue weighted by molar-refractivity contribution is 5.69. The molecule has 1 fully saturated rings. The van der Waals surface area contributed by atoms with E-state index in [-0.39, 0.29) is 17.1 Å². The van der Waals surface area contributed by atoms with Crippen LogP contribution in [0.4, 0.5) is 0 Å². The fourth-order valence-electron chi connectivity index (χ4n) is 3.27. The number of fused-ring (bicyclic) bond motifs is 2. The Kier molecular flexibility index (Phi) is 3.06. The first kappa shape index (κ1) is 13.5. The molecule has 1 N–H and O–H groups in total. The largest absolute Gasteiger partial charge is 0.433 e. The van der Waals surface area contributed by atoms with Gasteiger partial charge in [-0.25, -0.2) is 0 Å². The van der Waals surface area contributed by atoms with E-state index in [0.717, 1.165) is 18.5 Å². The molecule has 6 nitrogen and oxygen atoms in total. The molecule has 1 saturated carbocycles. The SMILES string of the molecule is CC(C)c1nc2[nH]c3cc(C4CCCCC4)nn3c(=O)c2o1. The smallest absolute Gasteiger partial charge is 0.319 e. The van der Waals surface area contributed by atoms with Crippen LogP contribution in [0.1, 0.15) is 69.4 Å².